The normalized spacial score (nSPS) is 16.8. The maximum absolute atomic E-state index is 13.2. The van der Waals surface area contributed by atoms with Crippen molar-refractivity contribution < 1.29 is 14.3 Å². The summed E-state index contributed by atoms with van der Waals surface area (Å²) in [5.41, 5.74) is 0.515. The third kappa shape index (κ3) is 5.87. The van der Waals surface area contributed by atoms with Crippen LogP contribution in [0.25, 0.3) is 0 Å². The molecule has 2 aliphatic rings. The van der Waals surface area contributed by atoms with E-state index in [-0.39, 0.29) is 5.91 Å². The Morgan fingerprint density at radius 2 is 1.80 bits per heavy atom. The molecule has 1 heterocycles. The summed E-state index contributed by atoms with van der Waals surface area (Å²) >= 11 is 0. The molecule has 1 aromatic rings. The van der Waals surface area contributed by atoms with Crippen LogP contribution in [0.5, 0.6) is 0 Å². The molecule has 8 heteroatoms. The van der Waals surface area contributed by atoms with Gasteiger partial charge >= 0.3 is 6.09 Å². The van der Waals surface area contributed by atoms with Crippen molar-refractivity contribution in [1.29, 1.82) is 0 Å². The monoisotopic (exact) mass is 415 g/mol. The number of nitrogens with one attached hydrogen (secondary N) is 4. The number of ether oxygens (including phenoxy) is 1. The quantitative estimate of drug-likeness (QED) is 0.505. The second-order valence-corrected chi connectivity index (χ2v) is 8.88. The molecule has 8 nitrogen and oxygen atoms in total. The molecule has 0 unspecified atom stereocenters. The summed E-state index contributed by atoms with van der Waals surface area (Å²) < 4.78 is 5.42. The van der Waals surface area contributed by atoms with Crippen LogP contribution in [0.15, 0.2) is 29.3 Å². The lowest BCUT2D eigenvalue weighted by Crippen LogP contribution is -2.60. The molecule has 1 aliphatic heterocycles. The zero-order valence-electron chi connectivity index (χ0n) is 18.1. The van der Waals surface area contributed by atoms with Gasteiger partial charge < -0.3 is 26.0 Å². The Hall–Kier alpha value is -2.77. The van der Waals surface area contributed by atoms with Gasteiger partial charge in [0.1, 0.15) is 11.1 Å². The van der Waals surface area contributed by atoms with Crippen LogP contribution in [0.2, 0.25) is 0 Å². The van der Waals surface area contributed by atoms with Crippen molar-refractivity contribution in [3.8, 4) is 0 Å². The third-order valence-electron chi connectivity index (χ3n) is 5.13. The standard InChI is InChI=1S/C22H33N5O3/c1-21(2,3)30-20(29)27-22(14-16-8-4-5-9-17(16)15-22)18(28)23-10-6-7-11-24-19-25-12-13-26-19/h4-5,8-9H,6-7,10-15H2,1-3H3,(H,23,28)(H,27,29)(H2,24,25,26). The zero-order chi connectivity index (χ0) is 21.6. The molecule has 0 aromatic heterocycles. The fourth-order valence-electron chi connectivity index (χ4n) is 3.76. The molecular weight excluding hydrogens is 382 g/mol. The van der Waals surface area contributed by atoms with Crippen molar-refractivity contribution >= 4 is 18.0 Å². The Kier molecular flexibility index (Phi) is 6.84. The van der Waals surface area contributed by atoms with E-state index in [4.69, 9.17) is 4.74 Å². The maximum atomic E-state index is 13.2. The highest BCUT2D eigenvalue weighted by Crippen LogP contribution is 2.30. The Bertz CT molecular complexity index is 775. The van der Waals surface area contributed by atoms with Gasteiger partial charge in [-0.05, 0) is 44.7 Å². The molecule has 0 fully saturated rings. The number of amides is 2. The molecule has 3 rings (SSSR count). The minimum Gasteiger partial charge on any atom is -0.444 e. The number of hydrogen-bond donors (Lipinski definition) is 4. The number of fused-ring (bicyclic) bond motifs is 1. The van der Waals surface area contributed by atoms with Crippen molar-refractivity contribution in [2.75, 3.05) is 26.2 Å². The van der Waals surface area contributed by atoms with Gasteiger partial charge in [-0.3, -0.25) is 9.79 Å². The van der Waals surface area contributed by atoms with Crippen LogP contribution in [0.1, 0.15) is 44.7 Å². The number of alkyl carbamates (subject to hydrolysis) is 1. The molecule has 4 N–H and O–H groups in total. The van der Waals surface area contributed by atoms with Crippen molar-refractivity contribution in [2.24, 2.45) is 4.99 Å². The first-order valence-corrected chi connectivity index (χ1v) is 10.7. The van der Waals surface area contributed by atoms with E-state index in [1.807, 2.05) is 45.0 Å². The number of unbranched alkanes of at least 4 members (excludes halogenated alkanes) is 1. The first-order chi connectivity index (χ1) is 14.3. The summed E-state index contributed by atoms with van der Waals surface area (Å²) in [6.45, 7) is 8.47. The predicted octanol–water partition coefficient (Wildman–Crippen LogP) is 1.49. The summed E-state index contributed by atoms with van der Waals surface area (Å²) in [7, 11) is 0. The topological polar surface area (TPSA) is 104 Å². The van der Waals surface area contributed by atoms with Gasteiger partial charge in [0, 0.05) is 32.5 Å². The van der Waals surface area contributed by atoms with E-state index in [0.29, 0.717) is 19.4 Å². The molecule has 1 aliphatic carbocycles. The van der Waals surface area contributed by atoms with E-state index in [9.17, 15) is 9.59 Å². The minimum absolute atomic E-state index is 0.167. The Balaban J connectivity index is 1.54. The molecule has 164 valence electrons. The van der Waals surface area contributed by atoms with Crippen LogP contribution >= 0.6 is 0 Å². The SMILES string of the molecule is CC(C)(C)OC(=O)NC1(C(=O)NCCCCNC2=NCCN2)Cc2ccccc2C1. The van der Waals surface area contributed by atoms with Crippen molar-refractivity contribution in [1.82, 2.24) is 21.3 Å². The number of aliphatic imine (C=N–C) groups is 1. The number of carbonyl (C=O) groups excluding carboxylic acids is 2. The number of carbonyl (C=O) groups is 2. The summed E-state index contributed by atoms with van der Waals surface area (Å²) in [5, 5.41) is 12.3. The lowest BCUT2D eigenvalue weighted by molar-refractivity contribution is -0.127. The van der Waals surface area contributed by atoms with E-state index in [2.05, 4.69) is 26.3 Å². The van der Waals surface area contributed by atoms with Crippen LogP contribution in [-0.4, -0.2) is 55.3 Å². The van der Waals surface area contributed by atoms with E-state index in [0.717, 1.165) is 49.6 Å². The second kappa shape index (κ2) is 9.36. The highest BCUT2D eigenvalue weighted by molar-refractivity contribution is 5.91. The van der Waals surface area contributed by atoms with E-state index < -0.39 is 17.2 Å². The van der Waals surface area contributed by atoms with Gasteiger partial charge in [0.05, 0.1) is 6.54 Å². The number of nitrogens with zero attached hydrogens (tertiary/aromatic N) is 1. The van der Waals surface area contributed by atoms with Crippen LogP contribution in [0.4, 0.5) is 4.79 Å². The molecule has 30 heavy (non-hydrogen) atoms. The molecule has 0 atom stereocenters. The van der Waals surface area contributed by atoms with E-state index in [1.165, 1.54) is 0 Å². The Morgan fingerprint density at radius 1 is 1.13 bits per heavy atom. The molecule has 0 spiro atoms. The van der Waals surface area contributed by atoms with Gasteiger partial charge in [0.15, 0.2) is 5.96 Å². The third-order valence-corrected chi connectivity index (χ3v) is 5.13. The summed E-state index contributed by atoms with van der Waals surface area (Å²) in [5.74, 6) is 0.683. The van der Waals surface area contributed by atoms with E-state index >= 15 is 0 Å². The molecule has 0 saturated carbocycles. The number of rotatable bonds is 7. The summed E-state index contributed by atoms with van der Waals surface area (Å²) in [6.07, 6.45) is 2.09. The molecule has 2 amide bonds. The number of guanidine groups is 1. The average molecular weight is 416 g/mol. The van der Waals surface area contributed by atoms with Crippen molar-refractivity contribution in [2.45, 2.75) is 57.6 Å². The molecular formula is C22H33N5O3. The smallest absolute Gasteiger partial charge is 0.408 e. The van der Waals surface area contributed by atoms with Gasteiger partial charge in [0.25, 0.3) is 0 Å². The highest BCUT2D eigenvalue weighted by atomic mass is 16.6. The van der Waals surface area contributed by atoms with Crippen LogP contribution < -0.4 is 21.3 Å². The first-order valence-electron chi connectivity index (χ1n) is 10.7. The minimum atomic E-state index is -1.02. The van der Waals surface area contributed by atoms with E-state index in [1.54, 1.807) is 0 Å². The lowest BCUT2D eigenvalue weighted by atomic mass is 9.94. The number of hydrogen-bond acceptors (Lipinski definition) is 6. The Morgan fingerprint density at radius 3 is 2.40 bits per heavy atom. The van der Waals surface area contributed by atoms with Gasteiger partial charge in [-0.25, -0.2) is 4.79 Å². The highest BCUT2D eigenvalue weighted by Gasteiger charge is 2.45. The molecule has 1 aromatic carbocycles. The zero-order valence-corrected chi connectivity index (χ0v) is 18.1. The summed E-state index contributed by atoms with van der Waals surface area (Å²) in [6, 6.07) is 7.92. The maximum Gasteiger partial charge on any atom is 0.408 e. The van der Waals surface area contributed by atoms with Gasteiger partial charge in [-0.2, -0.15) is 0 Å². The largest absolute Gasteiger partial charge is 0.444 e. The fourth-order valence-corrected chi connectivity index (χ4v) is 3.76. The van der Waals surface area contributed by atoms with Crippen LogP contribution in [0.3, 0.4) is 0 Å². The van der Waals surface area contributed by atoms with Crippen LogP contribution in [-0.2, 0) is 22.4 Å². The predicted molar refractivity (Wildman–Crippen MR) is 117 cm³/mol. The first kappa shape index (κ1) is 21.9. The molecule has 0 bridgehead atoms. The van der Waals surface area contributed by atoms with Gasteiger partial charge in [-0.15, -0.1) is 0 Å². The van der Waals surface area contributed by atoms with Crippen LogP contribution in [0, 0.1) is 0 Å². The van der Waals surface area contributed by atoms with Gasteiger partial charge in [-0.1, -0.05) is 24.3 Å². The second-order valence-electron chi connectivity index (χ2n) is 8.88. The van der Waals surface area contributed by atoms with Crippen molar-refractivity contribution in [3.05, 3.63) is 35.4 Å². The van der Waals surface area contributed by atoms with Crippen molar-refractivity contribution in [3.63, 3.8) is 0 Å². The average Bonchev–Trinajstić information content (AvgIpc) is 3.30. The number of benzene rings is 1. The molecule has 0 radical (unpaired) electrons. The molecule has 0 saturated heterocycles. The Labute approximate surface area is 178 Å². The fraction of sp³-hybridized carbons (Fsp3) is 0.591. The van der Waals surface area contributed by atoms with Gasteiger partial charge in [0.2, 0.25) is 5.91 Å². The lowest BCUT2D eigenvalue weighted by Gasteiger charge is -2.30. The summed E-state index contributed by atoms with van der Waals surface area (Å²) in [4.78, 5) is 29.9.